The van der Waals surface area contributed by atoms with Crippen LogP contribution in [-0.4, -0.2) is 33.6 Å². The van der Waals surface area contributed by atoms with E-state index >= 15 is 0 Å². The van der Waals surface area contributed by atoms with Gasteiger partial charge in [-0.05, 0) is 12.5 Å². The highest BCUT2D eigenvalue weighted by atomic mass is 16.6. The Balaban J connectivity index is 2.11. The molecular weight excluding hydrogens is 310 g/mol. The molecule has 0 N–H and O–H groups in total. The Hall–Kier alpha value is -3.22. The van der Waals surface area contributed by atoms with E-state index < -0.39 is 5.97 Å². The predicted octanol–water partition coefficient (Wildman–Crippen LogP) is 1.70. The van der Waals surface area contributed by atoms with Crippen LogP contribution in [0.15, 0.2) is 53.7 Å². The minimum atomic E-state index is -0.523. The second kappa shape index (κ2) is 6.91. The van der Waals surface area contributed by atoms with Crippen molar-refractivity contribution in [1.29, 1.82) is 0 Å². The number of fused-ring (bicyclic) bond motifs is 1. The van der Waals surface area contributed by atoms with Crippen molar-refractivity contribution in [1.82, 2.24) is 14.4 Å². The predicted molar refractivity (Wildman–Crippen MR) is 86.8 cm³/mol. The Labute approximate surface area is 137 Å². The molecule has 7 nitrogen and oxygen atoms in total. The maximum Gasteiger partial charge on any atom is 0.344 e. The van der Waals surface area contributed by atoms with E-state index in [1.807, 2.05) is 18.2 Å². The van der Waals surface area contributed by atoms with Crippen LogP contribution in [0.25, 0.3) is 16.8 Å². The fourth-order valence-corrected chi connectivity index (χ4v) is 2.27. The summed E-state index contributed by atoms with van der Waals surface area (Å²) in [7, 11) is 0. The molecule has 3 aromatic rings. The largest absolute Gasteiger partial charge is 0.465 e. The van der Waals surface area contributed by atoms with Crippen LogP contribution in [-0.2, 0) is 9.53 Å². The number of hydrogen-bond acceptors (Lipinski definition) is 6. The number of hydrogen-bond donors (Lipinski definition) is 0. The molecule has 0 saturated heterocycles. The zero-order valence-corrected chi connectivity index (χ0v) is 13.0. The van der Waals surface area contributed by atoms with Crippen LogP contribution < -0.4 is 10.3 Å². The van der Waals surface area contributed by atoms with E-state index in [4.69, 9.17) is 9.47 Å². The maximum atomic E-state index is 12.8. The van der Waals surface area contributed by atoms with E-state index in [1.54, 1.807) is 19.1 Å². The zero-order chi connectivity index (χ0) is 16.9. The molecule has 24 heavy (non-hydrogen) atoms. The summed E-state index contributed by atoms with van der Waals surface area (Å²) in [5.41, 5.74) is 0.970. The fraction of sp³-hybridized carbons (Fsp3) is 0.176. The van der Waals surface area contributed by atoms with Crippen LogP contribution in [0, 0.1) is 0 Å². The number of rotatable bonds is 5. The van der Waals surface area contributed by atoms with Crippen LogP contribution in [0.3, 0.4) is 0 Å². The molecular formula is C17H15N3O4. The van der Waals surface area contributed by atoms with Crippen molar-refractivity contribution in [3.8, 4) is 17.0 Å². The number of carbonyl (C=O) groups is 1. The van der Waals surface area contributed by atoms with Gasteiger partial charge in [-0.1, -0.05) is 30.3 Å². The smallest absolute Gasteiger partial charge is 0.344 e. The van der Waals surface area contributed by atoms with E-state index in [2.05, 4.69) is 9.97 Å². The SMILES string of the molecule is CCOC(=O)COc1nc2cnccn2c(=O)c1-c1ccccc1. The quantitative estimate of drug-likeness (QED) is 0.664. The second-order valence-corrected chi connectivity index (χ2v) is 4.86. The lowest BCUT2D eigenvalue weighted by Crippen LogP contribution is -2.21. The molecule has 3 rings (SSSR count). The van der Waals surface area contributed by atoms with Gasteiger partial charge in [0.15, 0.2) is 12.3 Å². The van der Waals surface area contributed by atoms with Crippen LogP contribution in [0.4, 0.5) is 0 Å². The topological polar surface area (TPSA) is 82.8 Å². The molecule has 0 saturated carbocycles. The molecule has 0 unspecified atom stereocenters. The lowest BCUT2D eigenvalue weighted by molar-refractivity contribution is -0.145. The standard InChI is InChI=1S/C17H15N3O4/c1-2-23-14(21)11-24-16-15(12-6-4-3-5-7-12)17(22)20-9-8-18-10-13(20)19-16/h3-10H,2,11H2,1H3. The first kappa shape index (κ1) is 15.7. The van der Waals surface area contributed by atoms with Crippen molar-refractivity contribution in [3.63, 3.8) is 0 Å². The number of nitrogens with zero attached hydrogens (tertiary/aromatic N) is 3. The highest BCUT2D eigenvalue weighted by Crippen LogP contribution is 2.25. The molecule has 0 amide bonds. The molecule has 0 spiro atoms. The van der Waals surface area contributed by atoms with Crippen LogP contribution >= 0.6 is 0 Å². The van der Waals surface area contributed by atoms with Crippen molar-refractivity contribution >= 4 is 11.6 Å². The minimum Gasteiger partial charge on any atom is -0.465 e. The average Bonchev–Trinajstić information content (AvgIpc) is 2.61. The van der Waals surface area contributed by atoms with Gasteiger partial charge in [0.05, 0.1) is 12.8 Å². The van der Waals surface area contributed by atoms with Crippen molar-refractivity contribution in [2.24, 2.45) is 0 Å². The van der Waals surface area contributed by atoms with E-state index in [0.717, 1.165) is 0 Å². The number of aromatic nitrogens is 3. The number of esters is 1. The first-order valence-corrected chi connectivity index (χ1v) is 7.41. The molecule has 0 aliphatic rings. The highest BCUT2D eigenvalue weighted by Gasteiger charge is 2.17. The van der Waals surface area contributed by atoms with Crippen LogP contribution in [0.5, 0.6) is 5.88 Å². The van der Waals surface area contributed by atoms with Crippen LogP contribution in [0.1, 0.15) is 6.92 Å². The third-order valence-corrected chi connectivity index (χ3v) is 3.30. The highest BCUT2D eigenvalue weighted by molar-refractivity contribution is 5.73. The lowest BCUT2D eigenvalue weighted by atomic mass is 10.1. The summed E-state index contributed by atoms with van der Waals surface area (Å²) >= 11 is 0. The molecule has 0 aliphatic heterocycles. The van der Waals surface area contributed by atoms with Crippen molar-refractivity contribution < 1.29 is 14.3 Å². The third-order valence-electron chi connectivity index (χ3n) is 3.30. The van der Waals surface area contributed by atoms with Crippen molar-refractivity contribution in [2.45, 2.75) is 6.92 Å². The molecule has 0 fully saturated rings. The van der Waals surface area contributed by atoms with Gasteiger partial charge in [-0.25, -0.2) is 4.79 Å². The van der Waals surface area contributed by atoms with Gasteiger partial charge in [0.25, 0.3) is 5.56 Å². The lowest BCUT2D eigenvalue weighted by Gasteiger charge is -2.11. The molecule has 2 heterocycles. The minimum absolute atomic E-state index is 0.0762. The first-order valence-electron chi connectivity index (χ1n) is 7.41. The monoisotopic (exact) mass is 325 g/mol. The van der Waals surface area contributed by atoms with E-state index in [-0.39, 0.29) is 30.2 Å². The van der Waals surface area contributed by atoms with Gasteiger partial charge in [-0.2, -0.15) is 4.98 Å². The molecule has 122 valence electrons. The first-order chi connectivity index (χ1) is 11.7. The molecule has 0 atom stereocenters. The Morgan fingerprint density at radius 1 is 1.25 bits per heavy atom. The summed E-state index contributed by atoms with van der Waals surface area (Å²) in [6.45, 7) is 1.64. The number of benzene rings is 1. The number of carbonyl (C=O) groups excluding carboxylic acids is 1. The van der Waals surface area contributed by atoms with Crippen molar-refractivity contribution in [3.05, 3.63) is 59.3 Å². The van der Waals surface area contributed by atoms with E-state index in [1.165, 1.54) is 23.0 Å². The van der Waals surface area contributed by atoms with Gasteiger partial charge in [0.2, 0.25) is 5.88 Å². The summed E-state index contributed by atoms with van der Waals surface area (Å²) < 4.78 is 11.7. The van der Waals surface area contributed by atoms with E-state index in [9.17, 15) is 9.59 Å². The van der Waals surface area contributed by atoms with Gasteiger partial charge in [0, 0.05) is 12.4 Å². The molecule has 2 aromatic heterocycles. The van der Waals surface area contributed by atoms with Gasteiger partial charge in [-0.15, -0.1) is 0 Å². The Morgan fingerprint density at radius 3 is 2.79 bits per heavy atom. The summed E-state index contributed by atoms with van der Waals surface area (Å²) in [5.74, 6) is -0.447. The third kappa shape index (κ3) is 3.10. The fourth-order valence-electron chi connectivity index (χ4n) is 2.27. The van der Waals surface area contributed by atoms with Crippen LogP contribution in [0.2, 0.25) is 0 Å². The average molecular weight is 325 g/mol. The summed E-state index contributed by atoms with van der Waals surface area (Å²) in [5, 5.41) is 0. The molecule has 0 radical (unpaired) electrons. The maximum absolute atomic E-state index is 12.8. The molecule has 0 aliphatic carbocycles. The Kier molecular flexibility index (Phi) is 4.51. The van der Waals surface area contributed by atoms with Gasteiger partial charge in [-0.3, -0.25) is 14.2 Å². The Bertz CT molecular complexity index is 922. The number of ether oxygens (including phenoxy) is 2. The van der Waals surface area contributed by atoms with Gasteiger partial charge >= 0.3 is 5.97 Å². The normalized spacial score (nSPS) is 10.5. The second-order valence-electron chi connectivity index (χ2n) is 4.86. The van der Waals surface area contributed by atoms with Crippen molar-refractivity contribution in [2.75, 3.05) is 13.2 Å². The zero-order valence-electron chi connectivity index (χ0n) is 13.0. The summed E-state index contributed by atoms with van der Waals surface area (Å²) in [6.07, 6.45) is 4.49. The van der Waals surface area contributed by atoms with Gasteiger partial charge in [0.1, 0.15) is 5.56 Å². The van der Waals surface area contributed by atoms with Gasteiger partial charge < -0.3 is 9.47 Å². The van der Waals surface area contributed by atoms with E-state index in [0.29, 0.717) is 11.2 Å². The molecule has 0 bridgehead atoms. The molecule has 1 aromatic carbocycles. The summed E-state index contributed by atoms with van der Waals surface area (Å²) in [6, 6.07) is 9.03. The Morgan fingerprint density at radius 2 is 2.04 bits per heavy atom. The molecule has 7 heteroatoms. The summed E-state index contributed by atoms with van der Waals surface area (Å²) in [4.78, 5) is 32.6.